The van der Waals surface area contributed by atoms with Crippen molar-refractivity contribution in [2.45, 2.75) is 13.8 Å². The van der Waals surface area contributed by atoms with Gasteiger partial charge in [0, 0.05) is 32.4 Å². The van der Waals surface area contributed by atoms with E-state index < -0.39 is 4.92 Å². The zero-order chi connectivity index (χ0) is 18.6. The van der Waals surface area contributed by atoms with E-state index in [1.807, 2.05) is 37.9 Å². The van der Waals surface area contributed by atoms with E-state index in [4.69, 9.17) is 0 Å². The summed E-state index contributed by atoms with van der Waals surface area (Å²) in [7, 11) is 3.45. The fourth-order valence-corrected chi connectivity index (χ4v) is 2.43. The minimum absolute atomic E-state index is 0.134. The van der Waals surface area contributed by atoms with Gasteiger partial charge in [0.05, 0.1) is 16.2 Å². The van der Waals surface area contributed by atoms with Crippen molar-refractivity contribution in [3.8, 4) is 0 Å². The Morgan fingerprint density at radius 1 is 1.24 bits per heavy atom. The van der Waals surface area contributed by atoms with Crippen molar-refractivity contribution in [2.75, 3.05) is 36.2 Å². The Labute approximate surface area is 146 Å². The van der Waals surface area contributed by atoms with Crippen LogP contribution in [0.4, 0.5) is 22.7 Å². The van der Waals surface area contributed by atoms with Crippen LogP contribution in [0.2, 0.25) is 0 Å². The largest absolute Gasteiger partial charge is 0.383 e. The van der Waals surface area contributed by atoms with Gasteiger partial charge < -0.3 is 15.5 Å². The van der Waals surface area contributed by atoms with Crippen LogP contribution in [0.5, 0.6) is 0 Å². The van der Waals surface area contributed by atoms with Crippen LogP contribution < -0.4 is 15.5 Å². The highest BCUT2D eigenvalue weighted by molar-refractivity contribution is 6.09. The van der Waals surface area contributed by atoms with E-state index in [0.29, 0.717) is 23.6 Å². The maximum atomic E-state index is 12.7. The summed E-state index contributed by atoms with van der Waals surface area (Å²) < 4.78 is 0. The number of nitrogens with zero attached hydrogens (tertiary/aromatic N) is 2. The first-order valence-corrected chi connectivity index (χ1v) is 7.96. The standard InChI is InChI=1S/C18H22N4O3/c1-5-21(4)16-11-15(19-3)17(22(24)25)10-14(16)18(23)20-13-8-6-12(2)7-9-13/h6-11,19H,5H2,1-4H3,(H,20,23). The van der Waals surface area contributed by atoms with Crippen molar-refractivity contribution in [3.05, 3.63) is 57.6 Å². The topological polar surface area (TPSA) is 87.5 Å². The van der Waals surface area contributed by atoms with Crippen molar-refractivity contribution < 1.29 is 9.72 Å². The number of nitrogens with one attached hydrogen (secondary N) is 2. The first kappa shape index (κ1) is 18.3. The van der Waals surface area contributed by atoms with Gasteiger partial charge in [-0.05, 0) is 32.0 Å². The number of carbonyl (C=O) groups excluding carboxylic acids is 1. The van der Waals surface area contributed by atoms with Crippen molar-refractivity contribution in [3.63, 3.8) is 0 Å². The zero-order valence-corrected chi connectivity index (χ0v) is 14.8. The van der Waals surface area contributed by atoms with Crippen LogP contribution >= 0.6 is 0 Å². The second-order valence-corrected chi connectivity index (χ2v) is 5.73. The maximum Gasteiger partial charge on any atom is 0.293 e. The molecule has 0 fully saturated rings. The van der Waals surface area contributed by atoms with Gasteiger partial charge in [-0.3, -0.25) is 14.9 Å². The summed E-state index contributed by atoms with van der Waals surface area (Å²) in [6.07, 6.45) is 0. The molecular weight excluding hydrogens is 320 g/mol. The first-order valence-electron chi connectivity index (χ1n) is 7.96. The first-order chi connectivity index (χ1) is 11.9. The predicted octanol–water partition coefficient (Wildman–Crippen LogP) is 3.65. The molecule has 0 heterocycles. The van der Waals surface area contributed by atoms with E-state index in [2.05, 4.69) is 10.6 Å². The molecule has 0 unspecified atom stereocenters. The molecule has 0 aromatic heterocycles. The van der Waals surface area contributed by atoms with E-state index in [1.54, 1.807) is 25.2 Å². The summed E-state index contributed by atoms with van der Waals surface area (Å²) in [4.78, 5) is 25.4. The molecule has 0 saturated carbocycles. The molecule has 2 aromatic rings. The minimum atomic E-state index is -0.496. The number of nitro benzene ring substituents is 1. The summed E-state index contributed by atoms with van der Waals surface area (Å²) in [6.45, 7) is 4.56. The van der Waals surface area contributed by atoms with Gasteiger partial charge in [-0.2, -0.15) is 0 Å². The monoisotopic (exact) mass is 342 g/mol. The van der Waals surface area contributed by atoms with Crippen LogP contribution in [0, 0.1) is 17.0 Å². The average molecular weight is 342 g/mol. The summed E-state index contributed by atoms with van der Waals surface area (Å²) in [5.74, 6) is -0.384. The summed E-state index contributed by atoms with van der Waals surface area (Å²) >= 11 is 0. The van der Waals surface area contributed by atoms with Crippen LogP contribution in [0.15, 0.2) is 36.4 Å². The van der Waals surface area contributed by atoms with Crippen LogP contribution in [0.1, 0.15) is 22.8 Å². The Morgan fingerprint density at radius 2 is 1.88 bits per heavy atom. The van der Waals surface area contributed by atoms with E-state index in [-0.39, 0.29) is 17.2 Å². The number of carbonyl (C=O) groups is 1. The second-order valence-electron chi connectivity index (χ2n) is 5.73. The highest BCUT2D eigenvalue weighted by Gasteiger charge is 2.23. The summed E-state index contributed by atoms with van der Waals surface area (Å²) in [5, 5.41) is 16.9. The lowest BCUT2D eigenvalue weighted by molar-refractivity contribution is -0.383. The predicted molar refractivity (Wildman–Crippen MR) is 101 cm³/mol. The maximum absolute atomic E-state index is 12.7. The van der Waals surface area contributed by atoms with Crippen LogP contribution in [-0.2, 0) is 0 Å². The lowest BCUT2D eigenvalue weighted by Gasteiger charge is -2.21. The van der Waals surface area contributed by atoms with Crippen LogP contribution in [0.25, 0.3) is 0 Å². The third-order valence-corrected chi connectivity index (χ3v) is 4.02. The van der Waals surface area contributed by atoms with Crippen molar-refractivity contribution in [1.29, 1.82) is 0 Å². The normalized spacial score (nSPS) is 10.2. The molecule has 0 spiro atoms. The molecular formula is C18H22N4O3. The SMILES string of the molecule is CCN(C)c1cc(NC)c([N+](=O)[O-])cc1C(=O)Nc1ccc(C)cc1. The number of rotatable bonds is 6. The Balaban J connectivity index is 2.48. The summed E-state index contributed by atoms with van der Waals surface area (Å²) in [6, 6.07) is 10.3. The fourth-order valence-electron chi connectivity index (χ4n) is 2.43. The second kappa shape index (κ2) is 7.65. The van der Waals surface area contributed by atoms with E-state index in [1.165, 1.54) is 6.07 Å². The van der Waals surface area contributed by atoms with Gasteiger partial charge in [0.1, 0.15) is 5.69 Å². The molecule has 0 aliphatic rings. The molecule has 0 bridgehead atoms. The van der Waals surface area contributed by atoms with Gasteiger partial charge in [0.25, 0.3) is 11.6 Å². The van der Waals surface area contributed by atoms with Crippen molar-refractivity contribution in [1.82, 2.24) is 0 Å². The van der Waals surface area contributed by atoms with Gasteiger partial charge in [-0.1, -0.05) is 17.7 Å². The van der Waals surface area contributed by atoms with Crippen LogP contribution in [-0.4, -0.2) is 31.5 Å². The zero-order valence-electron chi connectivity index (χ0n) is 14.8. The number of nitro groups is 1. The Hall–Kier alpha value is -3.09. The van der Waals surface area contributed by atoms with E-state index >= 15 is 0 Å². The van der Waals surface area contributed by atoms with Gasteiger partial charge in [0.15, 0.2) is 0 Å². The van der Waals surface area contributed by atoms with Gasteiger partial charge in [-0.25, -0.2) is 0 Å². The Bertz CT molecular complexity index is 788. The molecule has 0 saturated heterocycles. The third kappa shape index (κ3) is 4.06. The molecule has 2 aromatic carbocycles. The molecule has 7 nitrogen and oxygen atoms in total. The van der Waals surface area contributed by atoms with E-state index in [9.17, 15) is 14.9 Å². The molecule has 132 valence electrons. The highest BCUT2D eigenvalue weighted by atomic mass is 16.6. The lowest BCUT2D eigenvalue weighted by Crippen LogP contribution is -2.22. The fraction of sp³-hybridized carbons (Fsp3) is 0.278. The molecule has 1 amide bonds. The number of benzene rings is 2. The van der Waals surface area contributed by atoms with Gasteiger partial charge in [-0.15, -0.1) is 0 Å². The van der Waals surface area contributed by atoms with Crippen molar-refractivity contribution >= 4 is 28.7 Å². The smallest absolute Gasteiger partial charge is 0.293 e. The molecule has 0 radical (unpaired) electrons. The molecule has 2 rings (SSSR count). The molecule has 25 heavy (non-hydrogen) atoms. The summed E-state index contributed by atoms with van der Waals surface area (Å²) in [5.41, 5.74) is 2.84. The minimum Gasteiger partial charge on any atom is -0.383 e. The van der Waals surface area contributed by atoms with Gasteiger partial charge in [0.2, 0.25) is 0 Å². The molecule has 0 aliphatic carbocycles. The molecule has 2 N–H and O–H groups in total. The average Bonchev–Trinajstić information content (AvgIpc) is 2.61. The number of hydrogen-bond donors (Lipinski definition) is 2. The molecule has 7 heteroatoms. The number of anilines is 3. The lowest BCUT2D eigenvalue weighted by atomic mass is 10.1. The number of aryl methyl sites for hydroxylation is 1. The van der Waals surface area contributed by atoms with Gasteiger partial charge >= 0.3 is 0 Å². The van der Waals surface area contributed by atoms with E-state index in [0.717, 1.165) is 5.56 Å². The quantitative estimate of drug-likeness (QED) is 0.618. The Morgan fingerprint density at radius 3 is 2.40 bits per heavy atom. The van der Waals surface area contributed by atoms with Crippen molar-refractivity contribution in [2.24, 2.45) is 0 Å². The van der Waals surface area contributed by atoms with Crippen LogP contribution in [0.3, 0.4) is 0 Å². The molecule has 0 aliphatic heterocycles. The highest BCUT2D eigenvalue weighted by Crippen LogP contribution is 2.33. The third-order valence-electron chi connectivity index (χ3n) is 4.02. The number of amides is 1. The number of hydrogen-bond acceptors (Lipinski definition) is 5. The molecule has 0 atom stereocenters. The Kier molecular flexibility index (Phi) is 5.59.